The Labute approximate surface area is 139 Å². The average molecular weight is 321 g/mol. The van der Waals surface area contributed by atoms with Crippen molar-refractivity contribution in [3.05, 3.63) is 47.3 Å². The van der Waals surface area contributed by atoms with Gasteiger partial charge < -0.3 is 10.1 Å². The molecular weight excluding hydrogens is 302 g/mol. The smallest absolute Gasteiger partial charge is 0.178 e. The molecule has 122 valence electrons. The van der Waals surface area contributed by atoms with E-state index in [4.69, 9.17) is 9.84 Å². The number of hydrogen-bond donors (Lipinski definition) is 1. The van der Waals surface area contributed by atoms with E-state index in [0.29, 0.717) is 5.92 Å². The highest BCUT2D eigenvalue weighted by molar-refractivity contribution is 5.50. The van der Waals surface area contributed by atoms with E-state index in [9.17, 15) is 0 Å². The van der Waals surface area contributed by atoms with Crippen LogP contribution < -0.4 is 10.1 Å². The molecule has 1 atom stereocenters. The molecule has 2 heterocycles. The summed E-state index contributed by atoms with van der Waals surface area (Å²) < 4.78 is 7.38. The molecule has 1 saturated carbocycles. The Morgan fingerprint density at radius 3 is 2.88 bits per heavy atom. The van der Waals surface area contributed by atoms with Crippen LogP contribution in [0.2, 0.25) is 0 Å². The van der Waals surface area contributed by atoms with Gasteiger partial charge in [-0.15, -0.1) is 15.3 Å². The molecule has 5 rings (SSSR count). The predicted molar refractivity (Wildman–Crippen MR) is 90.4 cm³/mol. The zero-order valence-electron chi connectivity index (χ0n) is 13.6. The summed E-state index contributed by atoms with van der Waals surface area (Å²) in [6, 6.07) is 10.5. The van der Waals surface area contributed by atoms with Crippen LogP contribution in [0.25, 0.3) is 5.65 Å². The van der Waals surface area contributed by atoms with Crippen LogP contribution in [-0.2, 0) is 6.42 Å². The maximum atomic E-state index is 5.49. The van der Waals surface area contributed by atoms with E-state index >= 15 is 0 Å². The molecule has 1 aromatic carbocycles. The third kappa shape index (κ3) is 2.13. The quantitative estimate of drug-likeness (QED) is 0.800. The minimum atomic E-state index is 0.265. The lowest BCUT2D eigenvalue weighted by atomic mass is 10.1. The SMILES string of the molecule is COc1cccc2c1CCC2Nc1ccc2nnc(C3CC3)n2n1. The number of nitrogens with zero attached hydrogens (tertiary/aromatic N) is 4. The minimum absolute atomic E-state index is 0.265. The molecule has 2 aliphatic carbocycles. The first-order valence-corrected chi connectivity index (χ1v) is 8.48. The van der Waals surface area contributed by atoms with Crippen LogP contribution in [0.15, 0.2) is 30.3 Å². The molecule has 0 radical (unpaired) electrons. The lowest BCUT2D eigenvalue weighted by Crippen LogP contribution is -2.10. The number of aromatic nitrogens is 4. The number of benzene rings is 1. The second-order valence-electron chi connectivity index (χ2n) is 6.58. The molecule has 1 N–H and O–H groups in total. The van der Waals surface area contributed by atoms with Crippen molar-refractivity contribution in [3.8, 4) is 5.75 Å². The Bertz CT molecular complexity index is 915. The summed E-state index contributed by atoms with van der Waals surface area (Å²) in [4.78, 5) is 0. The fourth-order valence-corrected chi connectivity index (χ4v) is 3.62. The number of rotatable bonds is 4. The van der Waals surface area contributed by atoms with Crippen LogP contribution >= 0.6 is 0 Å². The van der Waals surface area contributed by atoms with Crippen LogP contribution in [0.3, 0.4) is 0 Å². The van der Waals surface area contributed by atoms with Crippen LogP contribution in [0.4, 0.5) is 5.82 Å². The van der Waals surface area contributed by atoms with E-state index in [2.05, 4.69) is 27.6 Å². The fourth-order valence-electron chi connectivity index (χ4n) is 3.62. The van der Waals surface area contributed by atoms with Gasteiger partial charge in [-0.1, -0.05) is 12.1 Å². The van der Waals surface area contributed by atoms with E-state index in [-0.39, 0.29) is 6.04 Å². The molecule has 0 spiro atoms. The van der Waals surface area contributed by atoms with Gasteiger partial charge in [0.2, 0.25) is 0 Å². The van der Waals surface area contributed by atoms with Crippen molar-refractivity contribution >= 4 is 11.5 Å². The highest BCUT2D eigenvalue weighted by atomic mass is 16.5. The molecule has 2 aromatic heterocycles. The van der Waals surface area contributed by atoms with E-state index in [0.717, 1.165) is 35.9 Å². The summed E-state index contributed by atoms with van der Waals surface area (Å²) in [7, 11) is 1.73. The van der Waals surface area contributed by atoms with Gasteiger partial charge in [0.25, 0.3) is 0 Å². The first-order chi connectivity index (χ1) is 11.8. The van der Waals surface area contributed by atoms with Crippen LogP contribution in [-0.4, -0.2) is 26.9 Å². The molecule has 6 heteroatoms. The fraction of sp³-hybridized carbons (Fsp3) is 0.389. The minimum Gasteiger partial charge on any atom is -0.496 e. The number of nitrogens with one attached hydrogen (secondary N) is 1. The zero-order valence-corrected chi connectivity index (χ0v) is 13.6. The molecular formula is C18H19N5O. The summed E-state index contributed by atoms with van der Waals surface area (Å²) in [5.41, 5.74) is 3.43. The standard InChI is InChI=1S/C18H19N5O/c1-24-15-4-2-3-12-13(15)7-8-14(12)19-16-9-10-17-20-21-18(11-5-6-11)23(17)22-16/h2-4,9-11,14H,5-8H2,1H3,(H,19,22). The van der Waals surface area contributed by atoms with Crippen molar-refractivity contribution in [3.63, 3.8) is 0 Å². The Balaban J connectivity index is 1.47. The Morgan fingerprint density at radius 2 is 2.04 bits per heavy atom. The zero-order chi connectivity index (χ0) is 16.1. The van der Waals surface area contributed by atoms with Gasteiger partial charge in [-0.3, -0.25) is 0 Å². The van der Waals surface area contributed by atoms with Gasteiger partial charge in [0.15, 0.2) is 11.5 Å². The predicted octanol–water partition coefficient (Wildman–Crippen LogP) is 3.11. The summed E-state index contributed by atoms with van der Waals surface area (Å²) >= 11 is 0. The monoisotopic (exact) mass is 321 g/mol. The molecule has 1 unspecified atom stereocenters. The van der Waals surface area contributed by atoms with Gasteiger partial charge in [-0.2, -0.15) is 4.52 Å². The van der Waals surface area contributed by atoms with Gasteiger partial charge in [-0.25, -0.2) is 0 Å². The maximum Gasteiger partial charge on any atom is 0.178 e. The third-order valence-electron chi connectivity index (χ3n) is 5.00. The topological polar surface area (TPSA) is 64.3 Å². The molecule has 0 aliphatic heterocycles. The molecule has 0 amide bonds. The van der Waals surface area contributed by atoms with Crippen molar-refractivity contribution in [1.29, 1.82) is 0 Å². The molecule has 3 aromatic rings. The largest absolute Gasteiger partial charge is 0.496 e. The molecule has 24 heavy (non-hydrogen) atoms. The lowest BCUT2D eigenvalue weighted by Gasteiger charge is -2.15. The second kappa shape index (κ2) is 5.19. The van der Waals surface area contributed by atoms with Gasteiger partial charge in [-0.05, 0) is 55.0 Å². The highest BCUT2D eigenvalue weighted by Gasteiger charge is 2.30. The lowest BCUT2D eigenvalue weighted by molar-refractivity contribution is 0.410. The van der Waals surface area contributed by atoms with Gasteiger partial charge in [0, 0.05) is 5.92 Å². The second-order valence-corrected chi connectivity index (χ2v) is 6.58. The number of ether oxygens (including phenoxy) is 1. The number of methoxy groups -OCH3 is 1. The number of anilines is 1. The van der Waals surface area contributed by atoms with Gasteiger partial charge >= 0.3 is 0 Å². The maximum absolute atomic E-state index is 5.49. The third-order valence-corrected chi connectivity index (χ3v) is 5.00. The van der Waals surface area contributed by atoms with Crippen molar-refractivity contribution in [2.24, 2.45) is 0 Å². The van der Waals surface area contributed by atoms with Crippen molar-refractivity contribution in [1.82, 2.24) is 19.8 Å². The van der Waals surface area contributed by atoms with Crippen molar-refractivity contribution < 1.29 is 4.74 Å². The van der Waals surface area contributed by atoms with E-state index in [1.54, 1.807) is 7.11 Å². The number of fused-ring (bicyclic) bond motifs is 2. The van der Waals surface area contributed by atoms with Crippen molar-refractivity contribution in [2.45, 2.75) is 37.6 Å². The van der Waals surface area contributed by atoms with Crippen LogP contribution in [0.1, 0.15) is 48.2 Å². The number of hydrogen-bond acceptors (Lipinski definition) is 5. The van der Waals surface area contributed by atoms with Crippen molar-refractivity contribution in [2.75, 3.05) is 12.4 Å². The summed E-state index contributed by atoms with van der Waals surface area (Å²) in [5.74, 6) is 3.36. The molecule has 0 bridgehead atoms. The highest BCUT2D eigenvalue weighted by Crippen LogP contribution is 2.40. The Kier molecular flexibility index (Phi) is 2.98. The summed E-state index contributed by atoms with van der Waals surface area (Å²) in [6.07, 6.45) is 4.46. The van der Waals surface area contributed by atoms with E-state index < -0.39 is 0 Å². The van der Waals surface area contributed by atoms with Gasteiger partial charge in [0.05, 0.1) is 13.2 Å². The van der Waals surface area contributed by atoms with E-state index in [1.165, 1.54) is 24.0 Å². The summed E-state index contributed by atoms with van der Waals surface area (Å²) in [6.45, 7) is 0. The van der Waals surface area contributed by atoms with Crippen LogP contribution in [0, 0.1) is 0 Å². The Hall–Kier alpha value is -2.63. The molecule has 1 fully saturated rings. The van der Waals surface area contributed by atoms with Crippen LogP contribution in [0.5, 0.6) is 5.75 Å². The molecule has 0 saturated heterocycles. The normalized spacial score (nSPS) is 19.5. The van der Waals surface area contributed by atoms with E-state index in [1.807, 2.05) is 22.7 Å². The molecule has 2 aliphatic rings. The van der Waals surface area contributed by atoms with Gasteiger partial charge in [0.1, 0.15) is 11.6 Å². The summed E-state index contributed by atoms with van der Waals surface area (Å²) in [5, 5.41) is 16.8. The first-order valence-electron chi connectivity index (χ1n) is 8.48. The average Bonchev–Trinajstić information content (AvgIpc) is 3.25. The Morgan fingerprint density at radius 1 is 1.12 bits per heavy atom. The first kappa shape index (κ1) is 13.8. The molecule has 6 nitrogen and oxygen atoms in total.